The second-order valence-electron chi connectivity index (χ2n) is 7.50. The van der Waals surface area contributed by atoms with Gasteiger partial charge in [0.1, 0.15) is 17.0 Å². The topological polar surface area (TPSA) is 76.1 Å². The molecule has 1 atom stereocenters. The first-order chi connectivity index (χ1) is 15.7. The van der Waals surface area contributed by atoms with E-state index in [-0.39, 0.29) is 11.9 Å². The van der Waals surface area contributed by atoms with E-state index in [9.17, 15) is 4.79 Å². The monoisotopic (exact) mass is 446 g/mol. The number of hydrogen-bond acceptors (Lipinski definition) is 6. The third kappa shape index (κ3) is 4.95. The highest BCUT2D eigenvalue weighted by atomic mass is 32.1. The van der Waals surface area contributed by atoms with Gasteiger partial charge in [0.05, 0.1) is 22.9 Å². The SMILES string of the molecule is COCCNc1ncnc2sc(C(=O)NC(Cc3ccccc3)c3ccccc3)c(C)c12. The molecular weight excluding hydrogens is 420 g/mol. The van der Waals surface area contributed by atoms with Gasteiger partial charge in [-0.05, 0) is 30.0 Å². The highest BCUT2D eigenvalue weighted by molar-refractivity contribution is 7.20. The summed E-state index contributed by atoms with van der Waals surface area (Å²) in [4.78, 5) is 23.6. The summed E-state index contributed by atoms with van der Waals surface area (Å²) in [5.74, 6) is 0.627. The number of nitrogens with zero attached hydrogens (tertiary/aromatic N) is 2. The summed E-state index contributed by atoms with van der Waals surface area (Å²) in [6.07, 6.45) is 2.24. The van der Waals surface area contributed by atoms with Crippen LogP contribution in [0.1, 0.15) is 32.4 Å². The first-order valence-corrected chi connectivity index (χ1v) is 11.4. The van der Waals surface area contributed by atoms with Crippen LogP contribution in [0.15, 0.2) is 67.0 Å². The van der Waals surface area contributed by atoms with E-state index in [1.165, 1.54) is 23.2 Å². The van der Waals surface area contributed by atoms with E-state index in [4.69, 9.17) is 4.74 Å². The van der Waals surface area contributed by atoms with Gasteiger partial charge in [-0.2, -0.15) is 0 Å². The molecule has 2 aromatic carbocycles. The maximum absolute atomic E-state index is 13.4. The summed E-state index contributed by atoms with van der Waals surface area (Å²) < 4.78 is 5.12. The van der Waals surface area contributed by atoms with E-state index in [1.807, 2.05) is 43.3 Å². The third-order valence-electron chi connectivity index (χ3n) is 5.32. The summed E-state index contributed by atoms with van der Waals surface area (Å²) in [7, 11) is 1.66. The number of aryl methyl sites for hydroxylation is 1. The molecule has 0 fully saturated rings. The first kappa shape index (κ1) is 21.9. The Hall–Kier alpha value is -3.29. The van der Waals surface area contributed by atoms with Crippen molar-refractivity contribution in [2.24, 2.45) is 0 Å². The number of carbonyl (C=O) groups excluding carboxylic acids is 1. The van der Waals surface area contributed by atoms with Crippen molar-refractivity contribution < 1.29 is 9.53 Å². The van der Waals surface area contributed by atoms with Crippen LogP contribution >= 0.6 is 11.3 Å². The quantitative estimate of drug-likeness (QED) is 0.362. The zero-order valence-corrected chi connectivity index (χ0v) is 19.0. The highest BCUT2D eigenvalue weighted by Crippen LogP contribution is 2.33. The Bertz CT molecular complexity index is 1180. The predicted octanol–water partition coefficient (Wildman–Crippen LogP) is 4.77. The van der Waals surface area contributed by atoms with Crippen LogP contribution in [0.4, 0.5) is 5.82 Å². The molecule has 1 unspecified atom stereocenters. The van der Waals surface area contributed by atoms with Gasteiger partial charge in [-0.1, -0.05) is 60.7 Å². The summed E-state index contributed by atoms with van der Waals surface area (Å²) in [6, 6.07) is 20.1. The number of thiophene rings is 1. The van der Waals surface area contributed by atoms with Gasteiger partial charge in [0.2, 0.25) is 0 Å². The van der Waals surface area contributed by atoms with Crippen LogP contribution < -0.4 is 10.6 Å². The molecule has 164 valence electrons. The average Bonchev–Trinajstić information content (AvgIpc) is 3.17. The largest absolute Gasteiger partial charge is 0.383 e. The fraction of sp³-hybridized carbons (Fsp3) is 0.240. The molecule has 0 saturated carbocycles. The number of carbonyl (C=O) groups is 1. The molecule has 1 amide bonds. The molecule has 4 rings (SSSR count). The Morgan fingerprint density at radius 3 is 2.50 bits per heavy atom. The zero-order valence-electron chi connectivity index (χ0n) is 18.2. The van der Waals surface area contributed by atoms with Gasteiger partial charge in [-0.15, -0.1) is 11.3 Å². The maximum atomic E-state index is 13.4. The molecule has 4 aromatic rings. The van der Waals surface area contributed by atoms with Crippen LogP contribution in [-0.2, 0) is 11.2 Å². The van der Waals surface area contributed by atoms with Gasteiger partial charge >= 0.3 is 0 Å². The van der Waals surface area contributed by atoms with E-state index < -0.39 is 0 Å². The molecule has 0 saturated heterocycles. The number of anilines is 1. The molecular formula is C25H26N4O2S. The molecule has 0 aliphatic carbocycles. The Morgan fingerprint density at radius 1 is 1.06 bits per heavy atom. The molecule has 2 aromatic heterocycles. The average molecular weight is 447 g/mol. The normalized spacial score (nSPS) is 11.9. The minimum atomic E-state index is -0.138. The lowest BCUT2D eigenvalue weighted by molar-refractivity contribution is 0.0940. The van der Waals surface area contributed by atoms with Crippen LogP contribution in [0.5, 0.6) is 0 Å². The minimum absolute atomic E-state index is 0.0990. The van der Waals surface area contributed by atoms with Gasteiger partial charge < -0.3 is 15.4 Å². The number of amides is 1. The molecule has 0 radical (unpaired) electrons. The van der Waals surface area contributed by atoms with E-state index in [1.54, 1.807) is 7.11 Å². The van der Waals surface area contributed by atoms with Gasteiger partial charge in [-0.3, -0.25) is 4.79 Å². The fourth-order valence-corrected chi connectivity index (χ4v) is 4.76. The van der Waals surface area contributed by atoms with Crippen molar-refractivity contribution in [3.8, 4) is 0 Å². The number of methoxy groups -OCH3 is 1. The minimum Gasteiger partial charge on any atom is -0.383 e. The lowest BCUT2D eigenvalue weighted by Crippen LogP contribution is -2.29. The van der Waals surface area contributed by atoms with Crippen molar-refractivity contribution in [2.75, 3.05) is 25.6 Å². The van der Waals surface area contributed by atoms with Crippen LogP contribution in [0.25, 0.3) is 10.2 Å². The summed E-state index contributed by atoms with van der Waals surface area (Å²) in [5, 5.41) is 7.42. The van der Waals surface area contributed by atoms with E-state index in [2.05, 4.69) is 44.9 Å². The lowest BCUT2D eigenvalue weighted by Gasteiger charge is -2.19. The van der Waals surface area contributed by atoms with Crippen LogP contribution in [0.2, 0.25) is 0 Å². The first-order valence-electron chi connectivity index (χ1n) is 10.5. The molecule has 32 heavy (non-hydrogen) atoms. The Kier molecular flexibility index (Phi) is 7.09. The smallest absolute Gasteiger partial charge is 0.262 e. The summed E-state index contributed by atoms with van der Waals surface area (Å²) in [5.41, 5.74) is 3.13. The van der Waals surface area contributed by atoms with Gasteiger partial charge in [-0.25, -0.2) is 9.97 Å². The maximum Gasteiger partial charge on any atom is 0.262 e. The highest BCUT2D eigenvalue weighted by Gasteiger charge is 2.22. The van der Waals surface area contributed by atoms with Gasteiger partial charge in [0.15, 0.2) is 0 Å². The fourth-order valence-electron chi connectivity index (χ4n) is 3.70. The van der Waals surface area contributed by atoms with Gasteiger partial charge in [0.25, 0.3) is 5.91 Å². The van der Waals surface area contributed by atoms with Crippen molar-refractivity contribution in [1.29, 1.82) is 0 Å². The van der Waals surface area contributed by atoms with E-state index >= 15 is 0 Å². The van der Waals surface area contributed by atoms with Crippen molar-refractivity contribution in [3.63, 3.8) is 0 Å². The van der Waals surface area contributed by atoms with E-state index in [0.717, 1.165) is 27.2 Å². The molecule has 0 aliphatic rings. The van der Waals surface area contributed by atoms with Crippen LogP contribution in [0, 0.1) is 6.92 Å². The number of hydrogen-bond donors (Lipinski definition) is 2. The molecule has 0 bridgehead atoms. The van der Waals surface area contributed by atoms with Gasteiger partial charge in [0, 0.05) is 13.7 Å². The predicted molar refractivity (Wildman–Crippen MR) is 129 cm³/mol. The number of benzene rings is 2. The Labute approximate surface area is 191 Å². The number of fused-ring (bicyclic) bond motifs is 1. The number of ether oxygens (including phenoxy) is 1. The standard InChI is InChI=1S/C25H26N4O2S/c1-17-21-23(26-13-14-31-2)27-16-28-25(21)32-22(17)24(30)29-20(19-11-7-4-8-12-19)15-18-9-5-3-6-10-18/h3-12,16,20H,13-15H2,1-2H3,(H,29,30)(H,26,27,28). The third-order valence-corrected chi connectivity index (χ3v) is 6.52. The number of rotatable bonds is 9. The van der Waals surface area contributed by atoms with Crippen molar-refractivity contribution in [1.82, 2.24) is 15.3 Å². The summed E-state index contributed by atoms with van der Waals surface area (Å²) >= 11 is 1.39. The molecule has 0 aliphatic heterocycles. The van der Waals surface area contributed by atoms with E-state index in [0.29, 0.717) is 24.4 Å². The van der Waals surface area contributed by atoms with Crippen molar-refractivity contribution in [3.05, 3.63) is 88.6 Å². The molecule has 2 N–H and O–H groups in total. The zero-order chi connectivity index (χ0) is 22.3. The molecule has 2 heterocycles. The van der Waals surface area contributed by atoms with Crippen molar-refractivity contribution in [2.45, 2.75) is 19.4 Å². The Morgan fingerprint density at radius 2 is 1.78 bits per heavy atom. The number of aromatic nitrogens is 2. The second-order valence-corrected chi connectivity index (χ2v) is 8.50. The molecule has 6 nitrogen and oxygen atoms in total. The van der Waals surface area contributed by atoms with Crippen LogP contribution in [0.3, 0.4) is 0 Å². The summed E-state index contributed by atoms with van der Waals surface area (Å²) in [6.45, 7) is 3.15. The molecule has 0 spiro atoms. The Balaban J connectivity index is 1.62. The second kappa shape index (κ2) is 10.3. The molecule has 7 heteroatoms. The van der Waals surface area contributed by atoms with Crippen molar-refractivity contribution >= 4 is 33.3 Å². The lowest BCUT2D eigenvalue weighted by atomic mass is 9.98. The van der Waals surface area contributed by atoms with Crippen LogP contribution in [-0.4, -0.2) is 36.1 Å². The number of nitrogens with one attached hydrogen (secondary N) is 2.